The number of carboxylic acid groups (broad SMARTS) is 1. The number of hydrogen-bond acceptors (Lipinski definition) is 4. The first-order chi connectivity index (χ1) is 12.5. The van der Waals surface area contributed by atoms with Crippen molar-refractivity contribution in [3.8, 4) is 5.75 Å². The lowest BCUT2D eigenvalue weighted by molar-refractivity contribution is -0.139. The van der Waals surface area contributed by atoms with Crippen molar-refractivity contribution in [2.75, 3.05) is 6.61 Å². The average molecular weight is 407 g/mol. The molecule has 0 bridgehead atoms. The molecule has 0 amide bonds. The Kier molecular flexibility index (Phi) is 8.94. The van der Waals surface area contributed by atoms with Gasteiger partial charge in [-0.2, -0.15) is 13.2 Å². The number of halogens is 3. The minimum absolute atomic E-state index is 0.0105. The first-order valence-corrected chi connectivity index (χ1v) is 9.40. The Hall–Kier alpha value is -1.41. The molecule has 0 spiro atoms. The molecular formula is C19H28F3NO3S. The summed E-state index contributed by atoms with van der Waals surface area (Å²) in [4.78, 5) is 11.1. The lowest BCUT2D eigenvalue weighted by Gasteiger charge is -2.27. The second-order valence-electron chi connectivity index (χ2n) is 7.38. The SMILES string of the molecule is CC(C)C.O=C(O)C[C@@]1(NS)CCc2cc(OCCCC(F)(F)F)ccc21. The largest absolute Gasteiger partial charge is 0.494 e. The van der Waals surface area contributed by atoms with Gasteiger partial charge in [0.05, 0.1) is 18.6 Å². The van der Waals surface area contributed by atoms with E-state index in [1.807, 2.05) is 0 Å². The van der Waals surface area contributed by atoms with Crippen LogP contribution in [-0.4, -0.2) is 23.9 Å². The fourth-order valence-corrected chi connectivity index (χ4v) is 3.19. The van der Waals surface area contributed by atoms with Gasteiger partial charge in [0.1, 0.15) is 5.75 Å². The van der Waals surface area contributed by atoms with E-state index in [1.165, 1.54) is 0 Å². The summed E-state index contributed by atoms with van der Waals surface area (Å²) in [5, 5.41) is 9.07. The highest BCUT2D eigenvalue weighted by molar-refractivity contribution is 7.78. The number of ether oxygens (including phenoxy) is 1. The Morgan fingerprint density at radius 2 is 2.00 bits per heavy atom. The maximum Gasteiger partial charge on any atom is 0.389 e. The number of alkyl halides is 3. The topological polar surface area (TPSA) is 58.6 Å². The summed E-state index contributed by atoms with van der Waals surface area (Å²) >= 11 is 4.07. The van der Waals surface area contributed by atoms with Gasteiger partial charge in [0.2, 0.25) is 0 Å². The van der Waals surface area contributed by atoms with Gasteiger partial charge in [-0.1, -0.05) is 39.7 Å². The number of hydrogen-bond donors (Lipinski definition) is 3. The van der Waals surface area contributed by atoms with Gasteiger partial charge < -0.3 is 9.84 Å². The number of thiol groups is 1. The molecule has 1 atom stereocenters. The second kappa shape index (κ2) is 10.2. The summed E-state index contributed by atoms with van der Waals surface area (Å²) in [6.07, 6.45) is -3.97. The molecule has 8 heteroatoms. The summed E-state index contributed by atoms with van der Waals surface area (Å²) in [6.45, 7) is 6.49. The Morgan fingerprint density at radius 3 is 2.52 bits per heavy atom. The molecule has 0 radical (unpaired) electrons. The van der Waals surface area contributed by atoms with Gasteiger partial charge in [-0.05, 0) is 48.4 Å². The first kappa shape index (κ1) is 23.6. The van der Waals surface area contributed by atoms with Crippen LogP contribution >= 0.6 is 12.8 Å². The van der Waals surface area contributed by atoms with E-state index in [9.17, 15) is 18.0 Å². The zero-order valence-corrected chi connectivity index (χ0v) is 16.8. The molecule has 1 aliphatic carbocycles. The normalized spacial score (nSPS) is 18.7. The highest BCUT2D eigenvalue weighted by Gasteiger charge is 2.39. The Balaban J connectivity index is 0.000000828. The number of benzene rings is 1. The van der Waals surface area contributed by atoms with Gasteiger partial charge in [-0.15, -0.1) is 0 Å². The van der Waals surface area contributed by atoms with Crippen molar-refractivity contribution in [3.05, 3.63) is 29.3 Å². The third-order valence-electron chi connectivity index (χ3n) is 3.95. The highest BCUT2D eigenvalue weighted by Crippen LogP contribution is 2.41. The van der Waals surface area contributed by atoms with Gasteiger partial charge in [0.15, 0.2) is 0 Å². The van der Waals surface area contributed by atoms with Gasteiger partial charge in [0.25, 0.3) is 0 Å². The van der Waals surface area contributed by atoms with Gasteiger partial charge >= 0.3 is 12.1 Å². The number of rotatable bonds is 7. The third kappa shape index (κ3) is 8.01. The molecule has 2 rings (SSSR count). The van der Waals surface area contributed by atoms with E-state index in [1.54, 1.807) is 18.2 Å². The maximum atomic E-state index is 12.1. The first-order valence-electron chi connectivity index (χ1n) is 8.95. The van der Waals surface area contributed by atoms with Gasteiger partial charge in [-0.25, -0.2) is 0 Å². The Morgan fingerprint density at radius 1 is 1.37 bits per heavy atom. The van der Waals surface area contributed by atoms with Crippen LogP contribution in [-0.2, 0) is 16.8 Å². The number of carboxylic acids is 1. The van der Waals surface area contributed by atoms with E-state index in [4.69, 9.17) is 9.84 Å². The zero-order valence-electron chi connectivity index (χ0n) is 15.9. The predicted octanol–water partition coefficient (Wildman–Crippen LogP) is 5.12. The number of fused-ring (bicyclic) bond motifs is 1. The average Bonchev–Trinajstić information content (AvgIpc) is 2.88. The Labute approximate surface area is 164 Å². The molecule has 0 saturated heterocycles. The number of aryl methyl sites for hydroxylation is 1. The van der Waals surface area contributed by atoms with Crippen molar-refractivity contribution in [1.29, 1.82) is 0 Å². The molecule has 0 aromatic heterocycles. The minimum Gasteiger partial charge on any atom is -0.494 e. The molecule has 4 nitrogen and oxygen atoms in total. The summed E-state index contributed by atoms with van der Waals surface area (Å²) in [7, 11) is 0. The number of aliphatic carboxylic acids is 1. The second-order valence-corrected chi connectivity index (χ2v) is 7.61. The van der Waals surface area contributed by atoms with Crippen LogP contribution in [0.2, 0.25) is 0 Å². The molecule has 1 aromatic rings. The summed E-state index contributed by atoms with van der Waals surface area (Å²) in [6, 6.07) is 5.17. The lowest BCUT2D eigenvalue weighted by atomic mass is 9.89. The molecule has 27 heavy (non-hydrogen) atoms. The van der Waals surface area contributed by atoms with Crippen LogP contribution in [0.15, 0.2) is 18.2 Å². The summed E-state index contributed by atoms with van der Waals surface area (Å²) < 4.78 is 44.4. The molecule has 0 heterocycles. The van der Waals surface area contributed by atoms with Gasteiger partial charge in [-0.3, -0.25) is 9.52 Å². The third-order valence-corrected chi connectivity index (χ3v) is 4.38. The fraction of sp³-hybridized carbons (Fsp3) is 0.632. The van der Waals surface area contributed by atoms with Crippen LogP contribution in [0.4, 0.5) is 13.2 Å². The van der Waals surface area contributed by atoms with Crippen molar-refractivity contribution in [3.63, 3.8) is 0 Å². The van der Waals surface area contributed by atoms with Crippen LogP contribution < -0.4 is 9.46 Å². The molecule has 2 N–H and O–H groups in total. The highest BCUT2D eigenvalue weighted by atomic mass is 32.1. The van der Waals surface area contributed by atoms with Gasteiger partial charge in [0, 0.05) is 6.42 Å². The maximum absolute atomic E-state index is 12.1. The van der Waals surface area contributed by atoms with Crippen molar-refractivity contribution >= 4 is 18.8 Å². The van der Waals surface area contributed by atoms with Crippen molar-refractivity contribution in [2.24, 2.45) is 5.92 Å². The van der Waals surface area contributed by atoms with E-state index >= 15 is 0 Å². The number of carbonyl (C=O) groups is 1. The molecule has 0 unspecified atom stereocenters. The number of nitrogens with one attached hydrogen (secondary N) is 1. The lowest BCUT2D eigenvalue weighted by Crippen LogP contribution is -2.37. The monoisotopic (exact) mass is 407 g/mol. The predicted molar refractivity (Wildman–Crippen MR) is 102 cm³/mol. The zero-order chi connectivity index (χ0) is 20.7. The molecular weight excluding hydrogens is 379 g/mol. The van der Waals surface area contributed by atoms with E-state index in [-0.39, 0.29) is 19.4 Å². The van der Waals surface area contributed by atoms with Crippen molar-refractivity contribution < 1.29 is 27.8 Å². The minimum atomic E-state index is -4.17. The quantitative estimate of drug-likeness (QED) is 0.434. The van der Waals surface area contributed by atoms with Crippen LogP contribution in [0.5, 0.6) is 5.75 Å². The molecule has 0 saturated carbocycles. The van der Waals surface area contributed by atoms with Crippen LogP contribution in [0.25, 0.3) is 0 Å². The van der Waals surface area contributed by atoms with Crippen molar-refractivity contribution in [2.45, 2.75) is 64.6 Å². The molecule has 0 aliphatic heterocycles. The molecule has 0 fully saturated rings. The van der Waals surface area contributed by atoms with E-state index in [2.05, 4.69) is 38.3 Å². The van der Waals surface area contributed by atoms with E-state index < -0.39 is 24.1 Å². The van der Waals surface area contributed by atoms with Crippen LogP contribution in [0, 0.1) is 5.92 Å². The Bertz CT molecular complexity index is 620. The molecule has 154 valence electrons. The van der Waals surface area contributed by atoms with E-state index in [0.29, 0.717) is 18.6 Å². The van der Waals surface area contributed by atoms with Crippen molar-refractivity contribution in [1.82, 2.24) is 4.72 Å². The van der Waals surface area contributed by atoms with Crippen LogP contribution in [0.1, 0.15) is 57.6 Å². The molecule has 1 aliphatic rings. The molecule has 1 aromatic carbocycles. The van der Waals surface area contributed by atoms with E-state index in [0.717, 1.165) is 17.0 Å². The fourth-order valence-electron chi connectivity index (χ4n) is 2.88. The smallest absolute Gasteiger partial charge is 0.389 e. The standard InChI is InChI=1S/C15H18F3NO3S.C4H10/c16-15(17,18)5-1-7-22-11-2-3-12-10(8-11)4-6-14(12,19-23)9-13(20)21;1-4(2)3/h2-3,8,19,23H,1,4-7,9H2,(H,20,21);4H,1-3H3/t14-;/m0./s1. The van der Waals surface area contributed by atoms with Crippen LogP contribution in [0.3, 0.4) is 0 Å². The summed E-state index contributed by atoms with van der Waals surface area (Å²) in [5.41, 5.74) is 1.05. The summed E-state index contributed by atoms with van der Waals surface area (Å²) in [5.74, 6) is 0.406.